The van der Waals surface area contributed by atoms with Crippen LogP contribution in [-0.4, -0.2) is 28.4 Å². The van der Waals surface area contributed by atoms with Crippen molar-refractivity contribution in [1.82, 2.24) is 28.4 Å². The maximum Gasteiger partial charge on any atom is 0.196 e. The van der Waals surface area contributed by atoms with Gasteiger partial charge in [0.15, 0.2) is 5.82 Å². The molecule has 0 aliphatic rings. The van der Waals surface area contributed by atoms with Crippen molar-refractivity contribution in [3.05, 3.63) is 16.2 Å². The van der Waals surface area contributed by atoms with Crippen molar-refractivity contribution in [2.45, 2.75) is 0 Å². The smallest absolute Gasteiger partial charge is 0.196 e. The van der Waals surface area contributed by atoms with Gasteiger partial charge < -0.3 is 0 Å². The minimum absolute atomic E-state index is 0.658. The van der Waals surface area contributed by atoms with Gasteiger partial charge in [0.2, 0.25) is 0 Å². The van der Waals surface area contributed by atoms with Crippen LogP contribution in [0.2, 0.25) is 0 Å². The standard InChI is InChI=1S/C5H2I2N6/c6-4-3(1-8-2-9-4)5-10-11-12-13(5)7/h1-2H. The van der Waals surface area contributed by atoms with Crippen LogP contribution in [-0.2, 0) is 0 Å². The number of rotatable bonds is 1. The fourth-order valence-corrected chi connectivity index (χ4v) is 1.74. The molecule has 0 saturated heterocycles. The highest BCUT2D eigenvalue weighted by Crippen LogP contribution is 2.20. The first kappa shape index (κ1) is 9.18. The van der Waals surface area contributed by atoms with Gasteiger partial charge in [-0.15, -0.1) is 5.10 Å². The lowest BCUT2D eigenvalue weighted by atomic mass is 10.3. The quantitative estimate of drug-likeness (QED) is 0.527. The molecule has 0 aromatic carbocycles. The summed E-state index contributed by atoms with van der Waals surface area (Å²) < 4.78 is 2.39. The fraction of sp³-hybridized carbons (Fsp3) is 0. The molecule has 0 aliphatic heterocycles. The van der Waals surface area contributed by atoms with Crippen molar-refractivity contribution in [3.8, 4) is 11.4 Å². The number of hydrogen-bond donors (Lipinski definition) is 0. The third-order valence-electron chi connectivity index (χ3n) is 1.34. The molecule has 2 rings (SSSR count). The highest BCUT2D eigenvalue weighted by atomic mass is 127. The van der Waals surface area contributed by atoms with Crippen LogP contribution in [0, 0.1) is 3.70 Å². The summed E-state index contributed by atoms with van der Waals surface area (Å²) in [7, 11) is 0. The highest BCUT2D eigenvalue weighted by Gasteiger charge is 2.10. The molecule has 0 amide bonds. The molecule has 66 valence electrons. The van der Waals surface area contributed by atoms with Crippen molar-refractivity contribution in [2.24, 2.45) is 0 Å². The van der Waals surface area contributed by atoms with Crippen LogP contribution in [0.5, 0.6) is 0 Å². The summed E-state index contributed by atoms with van der Waals surface area (Å²) in [6.45, 7) is 0. The minimum Gasteiger partial charge on any atom is -0.244 e. The van der Waals surface area contributed by atoms with Crippen molar-refractivity contribution in [1.29, 1.82) is 0 Å². The molecule has 0 spiro atoms. The average Bonchev–Trinajstić information content (AvgIpc) is 2.52. The Morgan fingerprint density at radius 2 is 2.23 bits per heavy atom. The van der Waals surface area contributed by atoms with Gasteiger partial charge in [0.05, 0.1) is 28.4 Å². The summed E-state index contributed by atoms with van der Waals surface area (Å²) in [5.74, 6) is 0.658. The first-order valence-electron chi connectivity index (χ1n) is 3.19. The van der Waals surface area contributed by atoms with Crippen LogP contribution in [0.25, 0.3) is 11.4 Å². The molecule has 0 bridgehead atoms. The number of tetrazole rings is 1. The lowest BCUT2D eigenvalue weighted by molar-refractivity contribution is 0.870. The van der Waals surface area contributed by atoms with Crippen molar-refractivity contribution < 1.29 is 0 Å². The topological polar surface area (TPSA) is 69.4 Å². The van der Waals surface area contributed by atoms with E-state index in [1.165, 1.54) is 6.33 Å². The molecule has 0 aliphatic carbocycles. The van der Waals surface area contributed by atoms with E-state index in [1.807, 2.05) is 22.9 Å². The molecule has 2 heterocycles. The minimum atomic E-state index is 0.658. The Bertz CT molecular complexity index is 426. The van der Waals surface area contributed by atoms with Gasteiger partial charge in [-0.3, -0.25) is 0 Å². The largest absolute Gasteiger partial charge is 0.244 e. The van der Waals surface area contributed by atoms with Crippen LogP contribution in [0.15, 0.2) is 12.5 Å². The van der Waals surface area contributed by atoms with Crippen LogP contribution in [0.4, 0.5) is 0 Å². The zero-order valence-electron chi connectivity index (χ0n) is 6.09. The first-order valence-corrected chi connectivity index (χ1v) is 5.24. The number of aromatic nitrogens is 6. The second kappa shape index (κ2) is 3.77. The van der Waals surface area contributed by atoms with Gasteiger partial charge in [-0.1, -0.05) is 0 Å². The maximum absolute atomic E-state index is 4.04. The van der Waals surface area contributed by atoms with Gasteiger partial charge in [0.25, 0.3) is 0 Å². The van der Waals surface area contributed by atoms with Crippen LogP contribution >= 0.6 is 45.5 Å². The monoisotopic (exact) mass is 400 g/mol. The van der Waals surface area contributed by atoms with Crippen LogP contribution in [0.1, 0.15) is 0 Å². The zero-order chi connectivity index (χ0) is 9.26. The lowest BCUT2D eigenvalue weighted by Crippen LogP contribution is -1.93. The molecule has 0 fully saturated rings. The van der Waals surface area contributed by atoms with E-state index >= 15 is 0 Å². The van der Waals surface area contributed by atoms with Gasteiger partial charge in [-0.25, -0.2) is 9.97 Å². The Kier molecular flexibility index (Phi) is 2.66. The Balaban J connectivity index is 2.59. The van der Waals surface area contributed by atoms with E-state index in [1.54, 1.807) is 9.09 Å². The molecular weight excluding hydrogens is 398 g/mol. The number of halogens is 2. The molecule has 0 radical (unpaired) electrons. The van der Waals surface area contributed by atoms with E-state index in [2.05, 4.69) is 48.1 Å². The number of nitrogens with zero attached hydrogens (tertiary/aromatic N) is 6. The van der Waals surface area contributed by atoms with Gasteiger partial charge in [0, 0.05) is 6.20 Å². The number of hydrogen-bond acceptors (Lipinski definition) is 5. The molecule has 0 atom stereocenters. The van der Waals surface area contributed by atoms with E-state index in [4.69, 9.17) is 0 Å². The summed E-state index contributed by atoms with van der Waals surface area (Å²) in [5.41, 5.74) is 0.836. The molecular formula is C5H2I2N6. The Morgan fingerprint density at radius 1 is 1.38 bits per heavy atom. The zero-order valence-corrected chi connectivity index (χ0v) is 10.4. The maximum atomic E-state index is 4.04. The van der Waals surface area contributed by atoms with E-state index in [9.17, 15) is 0 Å². The van der Waals surface area contributed by atoms with Crippen LogP contribution in [0.3, 0.4) is 0 Å². The second-order valence-corrected chi connectivity index (χ2v) is 4.03. The molecule has 13 heavy (non-hydrogen) atoms. The average molecular weight is 400 g/mol. The van der Waals surface area contributed by atoms with E-state index in [0.717, 1.165) is 9.26 Å². The summed E-state index contributed by atoms with van der Waals surface area (Å²) in [6, 6.07) is 0. The molecule has 0 saturated carbocycles. The SMILES string of the molecule is Ic1ncncc1-c1nnnn1I. The molecule has 0 N–H and O–H groups in total. The van der Waals surface area contributed by atoms with E-state index in [-0.39, 0.29) is 0 Å². The Morgan fingerprint density at radius 3 is 2.85 bits per heavy atom. The molecule has 2 aromatic rings. The summed E-state index contributed by atoms with van der Waals surface area (Å²) >= 11 is 4.11. The van der Waals surface area contributed by atoms with Gasteiger partial charge in [0.1, 0.15) is 10.0 Å². The predicted molar refractivity (Wildman–Crippen MR) is 61.0 cm³/mol. The van der Waals surface area contributed by atoms with Crippen molar-refractivity contribution in [3.63, 3.8) is 0 Å². The predicted octanol–water partition coefficient (Wildman–Crippen LogP) is 0.933. The van der Waals surface area contributed by atoms with Gasteiger partial charge >= 0.3 is 0 Å². The summed E-state index contributed by atoms with van der Waals surface area (Å²) in [5, 5.41) is 11.1. The summed E-state index contributed by atoms with van der Waals surface area (Å²) in [4.78, 5) is 7.95. The van der Waals surface area contributed by atoms with Crippen LogP contribution < -0.4 is 0 Å². The molecule has 8 heteroatoms. The Hall–Kier alpha value is -0.390. The first-order chi connectivity index (χ1) is 6.29. The lowest BCUT2D eigenvalue weighted by Gasteiger charge is -1.97. The molecule has 2 aromatic heterocycles. The van der Waals surface area contributed by atoms with E-state index < -0.39 is 0 Å². The fourth-order valence-electron chi connectivity index (χ4n) is 0.795. The van der Waals surface area contributed by atoms with Crippen molar-refractivity contribution in [2.75, 3.05) is 0 Å². The van der Waals surface area contributed by atoms with Gasteiger partial charge in [-0.05, 0) is 33.0 Å². The van der Waals surface area contributed by atoms with Gasteiger partial charge in [-0.2, -0.15) is 2.90 Å². The second-order valence-electron chi connectivity index (χ2n) is 2.09. The Labute approximate surface area is 101 Å². The van der Waals surface area contributed by atoms with Crippen molar-refractivity contribution >= 4 is 45.5 Å². The third kappa shape index (κ3) is 1.77. The van der Waals surface area contributed by atoms with E-state index in [0.29, 0.717) is 5.82 Å². The molecule has 6 nitrogen and oxygen atoms in total. The normalized spacial score (nSPS) is 10.3. The third-order valence-corrected chi connectivity index (χ3v) is 2.85. The summed E-state index contributed by atoms with van der Waals surface area (Å²) in [6.07, 6.45) is 3.18. The highest BCUT2D eigenvalue weighted by molar-refractivity contribution is 14.1. The molecule has 0 unspecified atom stereocenters.